The fourth-order valence-corrected chi connectivity index (χ4v) is 2.09. The Bertz CT molecular complexity index is 413. The standard InChI is InChI=1S/C11H17N3O3/c1-14-5-4-11(15,7-14)9-10(17-3)13-8(16-2)6-12-9/h6,15H,4-5,7H2,1-3H3. The van der Waals surface area contributed by atoms with Gasteiger partial charge in [0, 0.05) is 13.1 Å². The molecule has 1 aromatic heterocycles. The molecule has 1 N–H and O–H groups in total. The maximum Gasteiger partial charge on any atom is 0.241 e. The zero-order valence-electron chi connectivity index (χ0n) is 10.3. The third kappa shape index (κ3) is 2.18. The number of nitrogens with zero attached hydrogens (tertiary/aromatic N) is 3. The number of likely N-dealkylation sites (tertiary alicyclic amines) is 1. The summed E-state index contributed by atoms with van der Waals surface area (Å²) in [7, 11) is 4.98. The third-order valence-corrected chi connectivity index (χ3v) is 3.00. The van der Waals surface area contributed by atoms with Crippen LogP contribution in [0.3, 0.4) is 0 Å². The molecule has 0 spiro atoms. The Morgan fingerprint density at radius 3 is 2.71 bits per heavy atom. The molecule has 1 aromatic rings. The molecule has 2 rings (SSSR count). The van der Waals surface area contributed by atoms with Crippen LogP contribution in [0.25, 0.3) is 0 Å². The summed E-state index contributed by atoms with van der Waals surface area (Å²) in [6, 6.07) is 0. The van der Waals surface area contributed by atoms with Gasteiger partial charge in [-0.15, -0.1) is 0 Å². The first-order valence-electron chi connectivity index (χ1n) is 5.45. The van der Waals surface area contributed by atoms with Gasteiger partial charge >= 0.3 is 0 Å². The lowest BCUT2D eigenvalue weighted by molar-refractivity contribution is 0.0408. The maximum absolute atomic E-state index is 10.5. The van der Waals surface area contributed by atoms with Gasteiger partial charge in [-0.05, 0) is 13.5 Å². The number of hydrogen-bond donors (Lipinski definition) is 1. The zero-order chi connectivity index (χ0) is 12.5. The van der Waals surface area contributed by atoms with E-state index in [1.807, 2.05) is 11.9 Å². The number of ether oxygens (including phenoxy) is 2. The van der Waals surface area contributed by atoms with Crippen LogP contribution >= 0.6 is 0 Å². The molecule has 0 aliphatic carbocycles. The van der Waals surface area contributed by atoms with Gasteiger partial charge in [0.25, 0.3) is 0 Å². The number of β-amino-alcohol motifs (C(OH)–C–C–N with tert-alkyl or cyclic N) is 1. The van der Waals surface area contributed by atoms with E-state index in [-0.39, 0.29) is 0 Å². The summed E-state index contributed by atoms with van der Waals surface area (Å²) < 4.78 is 10.2. The van der Waals surface area contributed by atoms with Crippen LogP contribution in [0.4, 0.5) is 0 Å². The van der Waals surface area contributed by atoms with Crippen molar-refractivity contribution in [2.75, 3.05) is 34.4 Å². The molecular formula is C11H17N3O3. The van der Waals surface area contributed by atoms with Crippen molar-refractivity contribution in [3.8, 4) is 11.8 Å². The molecule has 6 heteroatoms. The number of rotatable bonds is 3. The van der Waals surface area contributed by atoms with Crippen molar-refractivity contribution in [2.24, 2.45) is 0 Å². The normalized spacial score (nSPS) is 24.9. The molecule has 1 fully saturated rings. The number of aromatic nitrogens is 2. The van der Waals surface area contributed by atoms with Crippen LogP contribution in [-0.4, -0.2) is 54.3 Å². The van der Waals surface area contributed by atoms with Gasteiger partial charge < -0.3 is 19.5 Å². The first-order valence-corrected chi connectivity index (χ1v) is 5.45. The third-order valence-electron chi connectivity index (χ3n) is 3.00. The molecule has 17 heavy (non-hydrogen) atoms. The highest BCUT2D eigenvalue weighted by atomic mass is 16.5. The summed E-state index contributed by atoms with van der Waals surface area (Å²) >= 11 is 0. The van der Waals surface area contributed by atoms with Crippen molar-refractivity contribution in [3.05, 3.63) is 11.9 Å². The van der Waals surface area contributed by atoms with E-state index in [1.54, 1.807) is 0 Å². The predicted molar refractivity (Wildman–Crippen MR) is 61.1 cm³/mol. The Balaban J connectivity index is 2.38. The van der Waals surface area contributed by atoms with E-state index in [9.17, 15) is 5.11 Å². The first-order chi connectivity index (χ1) is 8.09. The van der Waals surface area contributed by atoms with Crippen LogP contribution in [0.15, 0.2) is 6.20 Å². The number of likely N-dealkylation sites (N-methyl/N-ethyl adjacent to an activating group) is 1. The second kappa shape index (κ2) is 4.46. The average Bonchev–Trinajstić information content (AvgIpc) is 2.69. The largest absolute Gasteiger partial charge is 0.480 e. The second-order valence-corrected chi connectivity index (χ2v) is 4.29. The van der Waals surface area contributed by atoms with Gasteiger partial charge in [0.1, 0.15) is 11.3 Å². The molecule has 0 amide bonds. The van der Waals surface area contributed by atoms with E-state index in [4.69, 9.17) is 9.47 Å². The zero-order valence-corrected chi connectivity index (χ0v) is 10.3. The van der Waals surface area contributed by atoms with Crippen LogP contribution in [0.1, 0.15) is 12.1 Å². The van der Waals surface area contributed by atoms with E-state index >= 15 is 0 Å². The lowest BCUT2D eigenvalue weighted by Gasteiger charge is -2.23. The minimum absolute atomic E-state index is 0.321. The van der Waals surface area contributed by atoms with Gasteiger partial charge in [0.05, 0.1) is 20.4 Å². The van der Waals surface area contributed by atoms with Gasteiger partial charge in [-0.1, -0.05) is 0 Å². The van der Waals surface area contributed by atoms with Crippen molar-refractivity contribution in [3.63, 3.8) is 0 Å². The molecule has 0 saturated carbocycles. The number of aliphatic hydroxyl groups is 1. The van der Waals surface area contributed by atoms with Crippen molar-refractivity contribution >= 4 is 0 Å². The Morgan fingerprint density at radius 1 is 1.41 bits per heavy atom. The lowest BCUT2D eigenvalue weighted by atomic mass is 9.99. The van der Waals surface area contributed by atoms with E-state index in [0.717, 1.165) is 6.54 Å². The number of hydrogen-bond acceptors (Lipinski definition) is 6. The molecule has 1 unspecified atom stereocenters. The minimum Gasteiger partial charge on any atom is -0.480 e. The van der Waals surface area contributed by atoms with Crippen molar-refractivity contribution < 1.29 is 14.6 Å². The Kier molecular flexibility index (Phi) is 3.17. The fraction of sp³-hybridized carbons (Fsp3) is 0.636. The molecule has 0 aromatic carbocycles. The summed E-state index contributed by atoms with van der Waals surface area (Å²) in [6.45, 7) is 1.36. The van der Waals surface area contributed by atoms with Gasteiger partial charge in [0.2, 0.25) is 11.8 Å². The number of methoxy groups -OCH3 is 2. The van der Waals surface area contributed by atoms with Crippen LogP contribution in [0.2, 0.25) is 0 Å². The highest BCUT2D eigenvalue weighted by Gasteiger charge is 2.40. The van der Waals surface area contributed by atoms with E-state index < -0.39 is 5.60 Å². The molecule has 0 radical (unpaired) electrons. The van der Waals surface area contributed by atoms with Gasteiger partial charge in [-0.3, -0.25) is 0 Å². The molecule has 2 heterocycles. The molecule has 1 aliphatic heterocycles. The van der Waals surface area contributed by atoms with E-state index in [0.29, 0.717) is 30.4 Å². The van der Waals surface area contributed by atoms with E-state index in [1.165, 1.54) is 20.4 Å². The molecule has 94 valence electrons. The van der Waals surface area contributed by atoms with Crippen LogP contribution < -0.4 is 9.47 Å². The van der Waals surface area contributed by atoms with Gasteiger partial charge in [-0.25, -0.2) is 4.98 Å². The minimum atomic E-state index is -0.987. The maximum atomic E-state index is 10.5. The fourth-order valence-electron chi connectivity index (χ4n) is 2.09. The molecule has 1 saturated heterocycles. The summed E-state index contributed by atoms with van der Waals surface area (Å²) in [4.78, 5) is 10.4. The van der Waals surface area contributed by atoms with Gasteiger partial charge in [0.15, 0.2) is 0 Å². The van der Waals surface area contributed by atoms with Crippen LogP contribution in [0.5, 0.6) is 11.8 Å². The van der Waals surface area contributed by atoms with Gasteiger partial charge in [-0.2, -0.15) is 4.98 Å². The molecule has 6 nitrogen and oxygen atoms in total. The summed E-state index contributed by atoms with van der Waals surface area (Å²) in [5.41, 5.74) is -0.510. The first kappa shape index (κ1) is 12.1. The summed E-state index contributed by atoms with van der Waals surface area (Å²) in [6.07, 6.45) is 2.12. The van der Waals surface area contributed by atoms with Crippen molar-refractivity contribution in [2.45, 2.75) is 12.0 Å². The lowest BCUT2D eigenvalue weighted by Crippen LogP contribution is -2.31. The highest BCUT2D eigenvalue weighted by Crippen LogP contribution is 2.34. The van der Waals surface area contributed by atoms with Crippen molar-refractivity contribution in [1.29, 1.82) is 0 Å². The Hall–Kier alpha value is -1.40. The quantitative estimate of drug-likeness (QED) is 0.802. The predicted octanol–water partition coefficient (Wildman–Crippen LogP) is 0.0169. The van der Waals surface area contributed by atoms with E-state index in [2.05, 4.69) is 9.97 Å². The van der Waals surface area contributed by atoms with Crippen LogP contribution in [-0.2, 0) is 5.60 Å². The monoisotopic (exact) mass is 239 g/mol. The molecular weight excluding hydrogens is 222 g/mol. The highest BCUT2D eigenvalue weighted by molar-refractivity contribution is 5.29. The van der Waals surface area contributed by atoms with Crippen molar-refractivity contribution in [1.82, 2.24) is 14.9 Å². The smallest absolute Gasteiger partial charge is 0.241 e. The van der Waals surface area contributed by atoms with Crippen LogP contribution in [0, 0.1) is 0 Å². The molecule has 1 atom stereocenters. The summed E-state index contributed by atoms with van der Waals surface area (Å²) in [5.74, 6) is 0.697. The Labute approximate surface area is 100 Å². The topological polar surface area (TPSA) is 67.7 Å². The average molecular weight is 239 g/mol. The molecule has 0 bridgehead atoms. The Morgan fingerprint density at radius 2 is 2.18 bits per heavy atom. The second-order valence-electron chi connectivity index (χ2n) is 4.29. The summed E-state index contributed by atoms with van der Waals surface area (Å²) in [5, 5.41) is 10.5. The SMILES string of the molecule is COc1cnc(C2(O)CCN(C)C2)c(OC)n1. The molecule has 1 aliphatic rings.